The Kier molecular flexibility index (Phi) is 3.93. The summed E-state index contributed by atoms with van der Waals surface area (Å²) in [6.07, 6.45) is 0. The molecule has 6 heteroatoms. The Hall–Kier alpha value is -2.50. The smallest absolute Gasteiger partial charge is 0.253 e. The molecule has 0 spiro atoms. The molecule has 104 valence electrons. The number of hydrogen-bond donors (Lipinski definition) is 2. The summed E-state index contributed by atoms with van der Waals surface area (Å²) in [5, 5.41) is 2.56. The minimum Gasteiger partial charge on any atom is -0.398 e. The molecule has 0 aliphatic carbocycles. The van der Waals surface area contributed by atoms with E-state index in [1.54, 1.807) is 6.07 Å². The van der Waals surface area contributed by atoms with Crippen molar-refractivity contribution in [2.24, 2.45) is 0 Å². The number of benzene rings is 1. The molecule has 1 amide bonds. The highest BCUT2D eigenvalue weighted by Gasteiger charge is 2.14. The van der Waals surface area contributed by atoms with Crippen molar-refractivity contribution < 1.29 is 13.6 Å². The maximum Gasteiger partial charge on any atom is 0.253 e. The Labute approximate surface area is 114 Å². The molecule has 1 aromatic heterocycles. The number of carbonyl (C=O) groups excluding carboxylic acids is 1. The third-order valence-electron chi connectivity index (χ3n) is 2.71. The Morgan fingerprint density at radius 3 is 2.70 bits per heavy atom. The summed E-state index contributed by atoms with van der Waals surface area (Å²) in [7, 11) is 0. The fourth-order valence-corrected chi connectivity index (χ4v) is 1.72. The van der Waals surface area contributed by atoms with Crippen LogP contribution in [0.15, 0.2) is 30.3 Å². The van der Waals surface area contributed by atoms with Gasteiger partial charge in [0.05, 0.1) is 17.8 Å². The maximum absolute atomic E-state index is 13.1. The molecule has 0 radical (unpaired) electrons. The average molecular weight is 277 g/mol. The van der Waals surface area contributed by atoms with E-state index in [-0.39, 0.29) is 17.8 Å². The number of aromatic nitrogens is 1. The van der Waals surface area contributed by atoms with Gasteiger partial charge in [0, 0.05) is 17.4 Å². The van der Waals surface area contributed by atoms with Crippen molar-refractivity contribution in [3.63, 3.8) is 0 Å². The van der Waals surface area contributed by atoms with Crippen LogP contribution in [0, 0.1) is 18.6 Å². The van der Waals surface area contributed by atoms with Gasteiger partial charge in [-0.15, -0.1) is 0 Å². The molecule has 0 bridgehead atoms. The highest BCUT2D eigenvalue weighted by molar-refractivity contribution is 5.99. The van der Waals surface area contributed by atoms with Crippen molar-refractivity contribution in [1.82, 2.24) is 10.3 Å². The molecular formula is C14H13F2N3O. The number of aryl methyl sites for hydroxylation is 1. The van der Waals surface area contributed by atoms with Crippen molar-refractivity contribution in [2.45, 2.75) is 13.5 Å². The first-order valence-corrected chi connectivity index (χ1v) is 5.92. The first kappa shape index (κ1) is 13.9. The SMILES string of the molecule is Cc1cccc(CNC(=O)c2cc(F)c(F)cc2N)n1. The van der Waals surface area contributed by atoms with Crippen LogP contribution in [0.4, 0.5) is 14.5 Å². The number of nitrogens with zero attached hydrogens (tertiary/aromatic N) is 1. The van der Waals surface area contributed by atoms with E-state index >= 15 is 0 Å². The minimum absolute atomic E-state index is 0.100. The number of rotatable bonds is 3. The zero-order valence-corrected chi connectivity index (χ0v) is 10.8. The number of carbonyl (C=O) groups is 1. The Morgan fingerprint density at radius 1 is 1.30 bits per heavy atom. The highest BCUT2D eigenvalue weighted by Crippen LogP contribution is 2.17. The molecule has 0 atom stereocenters. The standard InChI is InChI=1S/C14H13F2N3O/c1-8-3-2-4-9(19-8)7-18-14(20)10-5-11(15)12(16)6-13(10)17/h2-6H,7,17H2,1H3,(H,18,20). The van der Waals surface area contributed by atoms with E-state index in [1.807, 2.05) is 19.1 Å². The number of anilines is 1. The molecule has 0 unspecified atom stereocenters. The summed E-state index contributed by atoms with van der Waals surface area (Å²) in [4.78, 5) is 16.1. The van der Waals surface area contributed by atoms with Crippen LogP contribution < -0.4 is 11.1 Å². The predicted octanol–water partition coefficient (Wildman–Crippen LogP) is 2.18. The van der Waals surface area contributed by atoms with Crippen molar-refractivity contribution in [1.29, 1.82) is 0 Å². The topological polar surface area (TPSA) is 68.0 Å². The maximum atomic E-state index is 13.1. The largest absolute Gasteiger partial charge is 0.398 e. The Morgan fingerprint density at radius 2 is 2.00 bits per heavy atom. The molecule has 3 N–H and O–H groups in total. The van der Waals surface area contributed by atoms with Crippen molar-refractivity contribution in [3.05, 3.63) is 58.9 Å². The monoisotopic (exact) mass is 277 g/mol. The number of pyridine rings is 1. The van der Waals surface area contributed by atoms with E-state index in [0.29, 0.717) is 5.69 Å². The zero-order chi connectivity index (χ0) is 14.7. The zero-order valence-electron chi connectivity index (χ0n) is 10.8. The second-order valence-electron chi connectivity index (χ2n) is 4.31. The molecule has 0 aliphatic rings. The van der Waals surface area contributed by atoms with Crippen molar-refractivity contribution in [3.8, 4) is 0 Å². The van der Waals surface area contributed by atoms with E-state index in [9.17, 15) is 13.6 Å². The van der Waals surface area contributed by atoms with Crippen LogP contribution in [0.5, 0.6) is 0 Å². The van der Waals surface area contributed by atoms with Gasteiger partial charge in [0.1, 0.15) is 0 Å². The van der Waals surface area contributed by atoms with Gasteiger partial charge in [-0.2, -0.15) is 0 Å². The van der Waals surface area contributed by atoms with Gasteiger partial charge in [-0.05, 0) is 25.1 Å². The lowest BCUT2D eigenvalue weighted by Crippen LogP contribution is -2.24. The van der Waals surface area contributed by atoms with E-state index in [1.165, 1.54) is 0 Å². The molecule has 1 heterocycles. The summed E-state index contributed by atoms with van der Waals surface area (Å²) >= 11 is 0. The van der Waals surface area contributed by atoms with Crippen LogP contribution in [0.25, 0.3) is 0 Å². The third-order valence-corrected chi connectivity index (χ3v) is 2.71. The summed E-state index contributed by atoms with van der Waals surface area (Å²) in [6, 6.07) is 6.97. The Bertz CT molecular complexity index is 659. The molecule has 0 fully saturated rings. The van der Waals surface area contributed by atoms with Crippen LogP contribution >= 0.6 is 0 Å². The van der Waals surface area contributed by atoms with E-state index < -0.39 is 17.5 Å². The predicted molar refractivity (Wildman–Crippen MR) is 70.9 cm³/mol. The quantitative estimate of drug-likeness (QED) is 0.845. The van der Waals surface area contributed by atoms with Crippen LogP contribution in [0.2, 0.25) is 0 Å². The minimum atomic E-state index is -1.11. The Balaban J connectivity index is 2.11. The number of amides is 1. The van der Waals surface area contributed by atoms with Gasteiger partial charge in [-0.25, -0.2) is 8.78 Å². The molecule has 1 aromatic carbocycles. The number of hydrogen-bond acceptors (Lipinski definition) is 3. The third kappa shape index (κ3) is 3.09. The van der Waals surface area contributed by atoms with Gasteiger partial charge in [-0.1, -0.05) is 6.07 Å². The van der Waals surface area contributed by atoms with Crippen LogP contribution in [-0.2, 0) is 6.54 Å². The lowest BCUT2D eigenvalue weighted by Gasteiger charge is -2.08. The van der Waals surface area contributed by atoms with E-state index in [4.69, 9.17) is 5.73 Å². The van der Waals surface area contributed by atoms with Crippen molar-refractivity contribution in [2.75, 3.05) is 5.73 Å². The van der Waals surface area contributed by atoms with Crippen LogP contribution in [-0.4, -0.2) is 10.9 Å². The molecular weight excluding hydrogens is 264 g/mol. The summed E-state index contributed by atoms with van der Waals surface area (Å²) in [5.74, 6) is -2.78. The molecule has 0 aliphatic heterocycles. The van der Waals surface area contributed by atoms with E-state index in [0.717, 1.165) is 17.8 Å². The average Bonchev–Trinajstić information content (AvgIpc) is 2.40. The lowest BCUT2D eigenvalue weighted by molar-refractivity contribution is 0.0950. The summed E-state index contributed by atoms with van der Waals surface area (Å²) < 4.78 is 26.0. The van der Waals surface area contributed by atoms with Gasteiger partial charge in [0.25, 0.3) is 5.91 Å². The molecule has 2 aromatic rings. The number of halogens is 2. The highest BCUT2D eigenvalue weighted by atomic mass is 19.2. The second kappa shape index (κ2) is 5.64. The number of nitrogens with one attached hydrogen (secondary N) is 1. The van der Waals surface area contributed by atoms with Gasteiger partial charge in [-0.3, -0.25) is 9.78 Å². The van der Waals surface area contributed by atoms with Crippen LogP contribution in [0.3, 0.4) is 0 Å². The second-order valence-corrected chi connectivity index (χ2v) is 4.31. The summed E-state index contributed by atoms with van der Waals surface area (Å²) in [6.45, 7) is 2.01. The first-order chi connectivity index (χ1) is 9.47. The fourth-order valence-electron chi connectivity index (χ4n) is 1.72. The number of nitrogens with two attached hydrogens (primary N) is 1. The lowest BCUT2D eigenvalue weighted by atomic mass is 10.1. The van der Waals surface area contributed by atoms with Gasteiger partial charge >= 0.3 is 0 Å². The van der Waals surface area contributed by atoms with Crippen molar-refractivity contribution >= 4 is 11.6 Å². The molecule has 0 saturated carbocycles. The molecule has 4 nitrogen and oxygen atoms in total. The van der Waals surface area contributed by atoms with E-state index in [2.05, 4.69) is 10.3 Å². The molecule has 2 rings (SSSR count). The molecule has 0 saturated heterocycles. The fraction of sp³-hybridized carbons (Fsp3) is 0.143. The summed E-state index contributed by atoms with van der Waals surface area (Å²) in [5.41, 5.74) is 6.78. The van der Waals surface area contributed by atoms with Gasteiger partial charge in [0.15, 0.2) is 11.6 Å². The first-order valence-electron chi connectivity index (χ1n) is 5.92. The van der Waals surface area contributed by atoms with Crippen LogP contribution in [0.1, 0.15) is 21.7 Å². The molecule has 20 heavy (non-hydrogen) atoms. The van der Waals surface area contributed by atoms with Gasteiger partial charge < -0.3 is 11.1 Å². The van der Waals surface area contributed by atoms with Gasteiger partial charge in [0.2, 0.25) is 0 Å². The number of nitrogen functional groups attached to an aromatic ring is 1. The normalized spacial score (nSPS) is 10.3.